The predicted octanol–water partition coefficient (Wildman–Crippen LogP) is 3.91. The summed E-state index contributed by atoms with van der Waals surface area (Å²) in [6, 6.07) is 12.8. The summed E-state index contributed by atoms with van der Waals surface area (Å²) < 4.78 is 0. The Balaban J connectivity index is 0.00000280. The molecule has 2 aromatic carbocycles. The number of aromatic nitrogens is 1. The molecule has 0 fully saturated rings. The highest BCUT2D eigenvalue weighted by molar-refractivity contribution is 14.0. The largest absolute Gasteiger partial charge is 0.361 e. The number of aromatic amines is 1. The molecule has 1 aromatic heterocycles. The lowest BCUT2D eigenvalue weighted by Crippen LogP contribution is -2.37. The molecule has 3 aromatic rings. The number of aryl methyl sites for hydroxylation is 1. The van der Waals surface area contributed by atoms with E-state index in [1.54, 1.807) is 19.2 Å². The minimum atomic E-state index is -0.389. The van der Waals surface area contributed by atoms with Gasteiger partial charge in [0.25, 0.3) is 5.69 Å². The van der Waals surface area contributed by atoms with Crippen molar-refractivity contribution < 1.29 is 4.92 Å². The molecule has 0 unspecified atom stereocenters. The van der Waals surface area contributed by atoms with Crippen LogP contribution in [0.4, 0.5) is 5.69 Å². The standard InChI is InChI=1S/C20H23N5O2.HI/c1-14-5-3-8-18-19(14)16(13-23-18)9-10-22-20(21-2)24-12-15-6-4-7-17(11-15)25(26)27;/h3-8,11,13,23H,9-10,12H2,1-2H3,(H2,21,22,24);1H. The molecule has 0 bridgehead atoms. The minimum absolute atomic E-state index is 0. The van der Waals surface area contributed by atoms with Gasteiger partial charge in [-0.05, 0) is 36.1 Å². The lowest BCUT2D eigenvalue weighted by Gasteiger charge is -2.12. The van der Waals surface area contributed by atoms with Gasteiger partial charge in [0.05, 0.1) is 4.92 Å². The Hall–Kier alpha value is -2.62. The number of benzene rings is 2. The van der Waals surface area contributed by atoms with Gasteiger partial charge in [0, 0.05) is 49.4 Å². The van der Waals surface area contributed by atoms with Crippen molar-refractivity contribution in [3.05, 3.63) is 75.5 Å². The molecular weight excluding hydrogens is 469 g/mol. The molecule has 3 rings (SSSR count). The van der Waals surface area contributed by atoms with Crippen LogP contribution in [-0.4, -0.2) is 29.5 Å². The first kappa shape index (κ1) is 21.7. The molecule has 3 N–H and O–H groups in total. The number of aliphatic imine (C=N–C) groups is 1. The van der Waals surface area contributed by atoms with Crippen LogP contribution in [0.3, 0.4) is 0 Å². The SMILES string of the molecule is CN=C(NCCc1c[nH]c2cccc(C)c12)NCc1cccc([N+](=O)[O-])c1.I. The molecular formula is C20H24IN5O2. The zero-order valence-corrected chi connectivity index (χ0v) is 18.2. The summed E-state index contributed by atoms with van der Waals surface area (Å²) in [5.74, 6) is 0.665. The van der Waals surface area contributed by atoms with E-state index in [9.17, 15) is 10.1 Å². The number of rotatable bonds is 6. The quantitative estimate of drug-likeness (QED) is 0.160. The Kier molecular flexibility index (Phi) is 7.80. The maximum Gasteiger partial charge on any atom is 0.269 e. The molecule has 0 aliphatic carbocycles. The van der Waals surface area contributed by atoms with E-state index in [0.29, 0.717) is 12.5 Å². The maximum absolute atomic E-state index is 10.9. The third-order valence-electron chi connectivity index (χ3n) is 4.49. The molecule has 0 amide bonds. The number of nitrogens with zero attached hydrogens (tertiary/aromatic N) is 2. The van der Waals surface area contributed by atoms with Crippen LogP contribution in [0.25, 0.3) is 10.9 Å². The second kappa shape index (κ2) is 10.1. The monoisotopic (exact) mass is 493 g/mol. The summed E-state index contributed by atoms with van der Waals surface area (Å²) in [4.78, 5) is 18.0. The molecule has 0 saturated carbocycles. The van der Waals surface area contributed by atoms with E-state index in [1.807, 2.05) is 6.07 Å². The smallest absolute Gasteiger partial charge is 0.269 e. The number of halogens is 1. The number of fused-ring (bicyclic) bond motifs is 1. The van der Waals surface area contributed by atoms with E-state index in [4.69, 9.17) is 0 Å². The molecule has 0 atom stereocenters. The van der Waals surface area contributed by atoms with Crippen LogP contribution in [0.5, 0.6) is 0 Å². The lowest BCUT2D eigenvalue weighted by molar-refractivity contribution is -0.384. The van der Waals surface area contributed by atoms with E-state index < -0.39 is 0 Å². The second-order valence-electron chi connectivity index (χ2n) is 6.34. The summed E-state index contributed by atoms with van der Waals surface area (Å²) in [5, 5.41) is 18.6. The Bertz CT molecular complexity index is 984. The third kappa shape index (κ3) is 5.22. The van der Waals surface area contributed by atoms with Crippen molar-refractivity contribution in [1.29, 1.82) is 0 Å². The highest BCUT2D eigenvalue weighted by atomic mass is 127. The normalized spacial score (nSPS) is 11.1. The topological polar surface area (TPSA) is 95.3 Å². The van der Waals surface area contributed by atoms with Crippen LogP contribution < -0.4 is 10.6 Å². The van der Waals surface area contributed by atoms with Crippen molar-refractivity contribution in [3.8, 4) is 0 Å². The van der Waals surface area contributed by atoms with Gasteiger partial charge in [-0.2, -0.15) is 0 Å². The second-order valence-corrected chi connectivity index (χ2v) is 6.34. The Morgan fingerprint density at radius 3 is 2.75 bits per heavy atom. The van der Waals surface area contributed by atoms with Gasteiger partial charge in [-0.25, -0.2) is 0 Å². The van der Waals surface area contributed by atoms with Crippen molar-refractivity contribution in [2.24, 2.45) is 4.99 Å². The van der Waals surface area contributed by atoms with E-state index in [1.165, 1.54) is 22.6 Å². The van der Waals surface area contributed by atoms with Crippen LogP contribution >= 0.6 is 24.0 Å². The molecule has 0 radical (unpaired) electrons. The highest BCUT2D eigenvalue weighted by Gasteiger charge is 2.08. The Morgan fingerprint density at radius 1 is 1.21 bits per heavy atom. The van der Waals surface area contributed by atoms with Crippen molar-refractivity contribution >= 4 is 46.5 Å². The molecule has 0 aliphatic heterocycles. The summed E-state index contributed by atoms with van der Waals surface area (Å²) in [5.41, 5.74) is 4.60. The number of guanidine groups is 1. The van der Waals surface area contributed by atoms with Gasteiger partial charge in [0.15, 0.2) is 5.96 Å². The zero-order chi connectivity index (χ0) is 19.2. The van der Waals surface area contributed by atoms with Gasteiger partial charge >= 0.3 is 0 Å². The van der Waals surface area contributed by atoms with E-state index >= 15 is 0 Å². The zero-order valence-electron chi connectivity index (χ0n) is 15.9. The van der Waals surface area contributed by atoms with E-state index in [2.05, 4.69) is 51.9 Å². The molecule has 148 valence electrons. The first-order chi connectivity index (χ1) is 13.1. The average Bonchev–Trinajstić information content (AvgIpc) is 3.09. The fraction of sp³-hybridized carbons (Fsp3) is 0.250. The molecule has 0 spiro atoms. The molecule has 0 aliphatic rings. The number of nitrogens with one attached hydrogen (secondary N) is 3. The molecule has 0 saturated heterocycles. The minimum Gasteiger partial charge on any atom is -0.361 e. The van der Waals surface area contributed by atoms with Crippen molar-refractivity contribution in [1.82, 2.24) is 15.6 Å². The summed E-state index contributed by atoms with van der Waals surface area (Å²) in [7, 11) is 1.71. The number of nitro groups is 1. The van der Waals surface area contributed by atoms with Gasteiger partial charge in [-0.15, -0.1) is 24.0 Å². The van der Waals surface area contributed by atoms with Gasteiger partial charge < -0.3 is 15.6 Å². The van der Waals surface area contributed by atoms with Crippen molar-refractivity contribution in [2.45, 2.75) is 19.9 Å². The fourth-order valence-electron chi connectivity index (χ4n) is 3.15. The van der Waals surface area contributed by atoms with E-state index in [0.717, 1.165) is 24.0 Å². The van der Waals surface area contributed by atoms with Crippen LogP contribution in [0, 0.1) is 17.0 Å². The Labute approximate surface area is 180 Å². The van der Waals surface area contributed by atoms with Crippen LogP contribution in [0.15, 0.2) is 53.7 Å². The highest BCUT2D eigenvalue weighted by Crippen LogP contribution is 2.22. The van der Waals surface area contributed by atoms with Gasteiger partial charge in [-0.3, -0.25) is 15.1 Å². The molecule has 1 heterocycles. The van der Waals surface area contributed by atoms with Crippen LogP contribution in [-0.2, 0) is 13.0 Å². The Morgan fingerprint density at radius 2 is 2.00 bits per heavy atom. The van der Waals surface area contributed by atoms with Crippen LogP contribution in [0.1, 0.15) is 16.7 Å². The predicted molar refractivity (Wildman–Crippen MR) is 123 cm³/mol. The molecule has 7 nitrogen and oxygen atoms in total. The van der Waals surface area contributed by atoms with Crippen LogP contribution in [0.2, 0.25) is 0 Å². The number of hydrogen-bond donors (Lipinski definition) is 3. The number of nitro benzene ring substituents is 1. The number of hydrogen-bond acceptors (Lipinski definition) is 3. The number of non-ortho nitro benzene ring substituents is 1. The van der Waals surface area contributed by atoms with Gasteiger partial charge in [-0.1, -0.05) is 24.3 Å². The average molecular weight is 493 g/mol. The summed E-state index contributed by atoms with van der Waals surface area (Å²) >= 11 is 0. The van der Waals surface area contributed by atoms with Gasteiger partial charge in [0.2, 0.25) is 0 Å². The third-order valence-corrected chi connectivity index (χ3v) is 4.49. The fourth-order valence-corrected chi connectivity index (χ4v) is 3.15. The summed E-state index contributed by atoms with van der Waals surface area (Å²) in [6.45, 7) is 3.32. The number of H-pyrrole nitrogens is 1. The molecule has 28 heavy (non-hydrogen) atoms. The lowest BCUT2D eigenvalue weighted by atomic mass is 10.1. The van der Waals surface area contributed by atoms with Crippen molar-refractivity contribution in [2.75, 3.05) is 13.6 Å². The van der Waals surface area contributed by atoms with Crippen molar-refractivity contribution in [3.63, 3.8) is 0 Å². The van der Waals surface area contributed by atoms with E-state index in [-0.39, 0.29) is 34.6 Å². The molecule has 8 heteroatoms. The first-order valence-corrected chi connectivity index (χ1v) is 8.82. The summed E-state index contributed by atoms with van der Waals surface area (Å²) in [6.07, 6.45) is 2.92. The first-order valence-electron chi connectivity index (χ1n) is 8.82. The maximum atomic E-state index is 10.9. The van der Waals surface area contributed by atoms with Gasteiger partial charge in [0.1, 0.15) is 0 Å².